The summed E-state index contributed by atoms with van der Waals surface area (Å²) in [4.78, 5) is 28.6. The Bertz CT molecular complexity index is 1000. The van der Waals surface area contributed by atoms with Crippen molar-refractivity contribution in [1.29, 1.82) is 0 Å². The predicted octanol–water partition coefficient (Wildman–Crippen LogP) is 5.30. The molecule has 2 aliphatic heterocycles. The minimum Gasteiger partial charge on any atom is -0.493 e. The van der Waals surface area contributed by atoms with E-state index < -0.39 is 23.7 Å². The molecule has 2 aliphatic rings. The van der Waals surface area contributed by atoms with Gasteiger partial charge in [0, 0.05) is 31.0 Å². The fourth-order valence-corrected chi connectivity index (χ4v) is 5.92. The van der Waals surface area contributed by atoms with Crippen molar-refractivity contribution in [1.82, 2.24) is 10.2 Å². The molecule has 0 aromatic heterocycles. The maximum atomic E-state index is 13.5. The Morgan fingerprint density at radius 2 is 1.74 bits per heavy atom. The summed E-state index contributed by atoms with van der Waals surface area (Å²) < 4.78 is 22.9. The highest BCUT2D eigenvalue weighted by Gasteiger charge is 2.49. The Labute approximate surface area is 228 Å². The molecule has 4 atom stereocenters. The zero-order valence-corrected chi connectivity index (χ0v) is 25.0. The number of ether oxygens (including phenoxy) is 4. The van der Waals surface area contributed by atoms with Crippen LogP contribution in [0.15, 0.2) is 12.1 Å². The van der Waals surface area contributed by atoms with Gasteiger partial charge in [-0.3, -0.25) is 4.90 Å². The average molecular weight is 533 g/mol. The van der Waals surface area contributed by atoms with Crippen molar-refractivity contribution in [3.63, 3.8) is 0 Å². The first-order valence-corrected chi connectivity index (χ1v) is 13.9. The number of carbonyl (C=O) groups excluding carboxylic acids is 2. The van der Waals surface area contributed by atoms with Gasteiger partial charge in [0.1, 0.15) is 17.7 Å². The Morgan fingerprint density at radius 3 is 2.29 bits per heavy atom. The lowest BCUT2D eigenvalue weighted by Gasteiger charge is -2.54. The number of hydrogen-bond donors (Lipinski definition) is 1. The van der Waals surface area contributed by atoms with Gasteiger partial charge in [-0.2, -0.15) is 0 Å². The number of alkyl carbamates (subject to hydrolysis) is 1. The molecule has 38 heavy (non-hydrogen) atoms. The molecule has 1 unspecified atom stereocenters. The number of esters is 1. The van der Waals surface area contributed by atoms with E-state index in [0.717, 1.165) is 31.7 Å². The van der Waals surface area contributed by atoms with E-state index >= 15 is 0 Å². The molecule has 1 amide bonds. The highest BCUT2D eigenvalue weighted by Crippen LogP contribution is 2.48. The van der Waals surface area contributed by atoms with Crippen molar-refractivity contribution in [3.8, 4) is 11.5 Å². The van der Waals surface area contributed by atoms with E-state index in [-0.39, 0.29) is 23.5 Å². The van der Waals surface area contributed by atoms with E-state index in [1.54, 1.807) is 35.0 Å². The molecular formula is C30H48N2O6. The molecule has 0 saturated carbocycles. The van der Waals surface area contributed by atoms with Crippen molar-refractivity contribution < 1.29 is 28.5 Å². The van der Waals surface area contributed by atoms with Gasteiger partial charge in [-0.05, 0) is 75.6 Å². The largest absolute Gasteiger partial charge is 0.493 e. The van der Waals surface area contributed by atoms with Gasteiger partial charge in [-0.25, -0.2) is 9.59 Å². The number of carbonyl (C=O) groups is 2. The van der Waals surface area contributed by atoms with Crippen LogP contribution in [0.1, 0.15) is 79.4 Å². The summed E-state index contributed by atoms with van der Waals surface area (Å²) in [5.41, 5.74) is 1.45. The normalized spacial score (nSPS) is 24.3. The number of hydrogen-bond acceptors (Lipinski definition) is 7. The van der Waals surface area contributed by atoms with Crippen LogP contribution < -0.4 is 14.8 Å². The van der Waals surface area contributed by atoms with E-state index in [1.165, 1.54) is 11.1 Å². The number of rotatable bonds is 8. The van der Waals surface area contributed by atoms with E-state index in [4.69, 9.17) is 18.9 Å². The second-order valence-corrected chi connectivity index (χ2v) is 12.8. The highest BCUT2D eigenvalue weighted by molar-refractivity contribution is 5.81. The van der Waals surface area contributed by atoms with Gasteiger partial charge in [0.05, 0.1) is 14.2 Å². The van der Waals surface area contributed by atoms with Crippen LogP contribution in [0.3, 0.4) is 0 Å². The molecule has 1 fully saturated rings. The molecule has 1 N–H and O–H groups in total. The average Bonchev–Trinajstić information content (AvgIpc) is 2.80. The minimum absolute atomic E-state index is 0.152. The van der Waals surface area contributed by atoms with Crippen molar-refractivity contribution in [3.05, 3.63) is 23.3 Å². The summed E-state index contributed by atoms with van der Waals surface area (Å²) in [5, 5.41) is 2.75. The summed E-state index contributed by atoms with van der Waals surface area (Å²) in [7, 11) is 3.31. The van der Waals surface area contributed by atoms with E-state index in [0.29, 0.717) is 18.1 Å². The van der Waals surface area contributed by atoms with Crippen LogP contribution in [-0.2, 0) is 26.2 Å². The topological polar surface area (TPSA) is 86.3 Å². The molecule has 1 aromatic carbocycles. The lowest BCUT2D eigenvalue weighted by Crippen LogP contribution is -2.59. The number of nitrogens with zero attached hydrogens (tertiary/aromatic N) is 1. The highest BCUT2D eigenvalue weighted by atomic mass is 16.6. The third-order valence-corrected chi connectivity index (χ3v) is 7.75. The van der Waals surface area contributed by atoms with Crippen molar-refractivity contribution in [2.75, 3.05) is 27.3 Å². The number of amides is 1. The first-order chi connectivity index (χ1) is 17.7. The molecule has 1 saturated heterocycles. The first kappa shape index (κ1) is 30.1. The zero-order valence-electron chi connectivity index (χ0n) is 25.0. The van der Waals surface area contributed by atoms with Gasteiger partial charge in [0.25, 0.3) is 0 Å². The smallest absolute Gasteiger partial charge is 0.408 e. The predicted molar refractivity (Wildman–Crippen MR) is 148 cm³/mol. The van der Waals surface area contributed by atoms with E-state index in [1.807, 2.05) is 13.8 Å². The Morgan fingerprint density at radius 1 is 1.11 bits per heavy atom. The van der Waals surface area contributed by atoms with E-state index in [2.05, 4.69) is 43.1 Å². The number of benzene rings is 1. The first-order valence-electron chi connectivity index (χ1n) is 13.9. The third-order valence-electron chi connectivity index (χ3n) is 7.75. The van der Waals surface area contributed by atoms with E-state index in [9.17, 15) is 9.59 Å². The molecule has 2 heterocycles. The van der Waals surface area contributed by atoms with Crippen LogP contribution in [0.4, 0.5) is 4.79 Å². The molecule has 0 aliphatic carbocycles. The fraction of sp³-hybridized carbons (Fsp3) is 0.733. The van der Waals surface area contributed by atoms with Crippen LogP contribution in [0.5, 0.6) is 11.5 Å². The van der Waals surface area contributed by atoms with Gasteiger partial charge < -0.3 is 24.3 Å². The number of nitrogens with one attached hydrogen (secondary N) is 1. The molecule has 214 valence electrons. The lowest BCUT2D eigenvalue weighted by atomic mass is 9.71. The van der Waals surface area contributed by atoms with Crippen LogP contribution in [0.25, 0.3) is 0 Å². The standard InChI is InChI=1S/C30H48N2O6/c1-18(2)13-21-17-32-12-11-20-14-23(35-9)24(36-10)15-22(20)30(32,8)16-25(21)37-27(33)26(19(3)4)31-28(34)38-29(5,6)7/h14-15,18-19,21,25-26H,11-13,16-17H2,1-10H3,(H,31,34)/t21-,25-,26+,30?/m1/s1. The molecular weight excluding hydrogens is 484 g/mol. The van der Waals surface area contributed by atoms with Gasteiger partial charge in [0.15, 0.2) is 11.5 Å². The van der Waals surface area contributed by atoms with Crippen molar-refractivity contribution in [2.45, 2.75) is 97.9 Å². The Hall–Kier alpha value is -2.48. The van der Waals surface area contributed by atoms with Gasteiger partial charge in [-0.15, -0.1) is 0 Å². The zero-order chi connectivity index (χ0) is 28.4. The fourth-order valence-electron chi connectivity index (χ4n) is 5.92. The maximum Gasteiger partial charge on any atom is 0.408 e. The summed E-state index contributed by atoms with van der Waals surface area (Å²) >= 11 is 0. The molecule has 8 heteroatoms. The second-order valence-electron chi connectivity index (χ2n) is 12.8. The number of piperidine rings is 1. The summed E-state index contributed by atoms with van der Waals surface area (Å²) in [6.45, 7) is 17.6. The molecule has 3 rings (SSSR count). The molecule has 0 radical (unpaired) electrons. The van der Waals surface area contributed by atoms with Gasteiger partial charge in [-0.1, -0.05) is 27.7 Å². The molecule has 1 aromatic rings. The summed E-state index contributed by atoms with van der Waals surface area (Å²) in [6.07, 6.45) is 1.65. The maximum absolute atomic E-state index is 13.5. The number of methoxy groups -OCH3 is 2. The quantitative estimate of drug-likeness (QED) is 0.455. The minimum atomic E-state index is -0.793. The van der Waals surface area contributed by atoms with Crippen LogP contribution in [0, 0.1) is 17.8 Å². The van der Waals surface area contributed by atoms with Gasteiger partial charge in [0.2, 0.25) is 0 Å². The SMILES string of the molecule is COc1cc2c(cc1OC)C1(C)C[C@@H](OC(=O)[C@@H](NC(=O)OC(C)(C)C)C(C)C)[C@H](CC(C)C)CN1CC2. The van der Waals surface area contributed by atoms with Crippen LogP contribution in [0.2, 0.25) is 0 Å². The summed E-state index contributed by atoms with van der Waals surface area (Å²) in [5.74, 6) is 1.53. The summed E-state index contributed by atoms with van der Waals surface area (Å²) in [6, 6.07) is 3.37. The molecule has 8 nitrogen and oxygen atoms in total. The van der Waals surface area contributed by atoms with Gasteiger partial charge >= 0.3 is 12.1 Å². The number of fused-ring (bicyclic) bond motifs is 3. The molecule has 0 spiro atoms. The van der Waals surface area contributed by atoms with Crippen molar-refractivity contribution >= 4 is 12.1 Å². The Kier molecular flexibility index (Phi) is 9.28. The lowest BCUT2D eigenvalue weighted by molar-refractivity contribution is -0.165. The third kappa shape index (κ3) is 6.74. The molecule has 0 bridgehead atoms. The van der Waals surface area contributed by atoms with Crippen molar-refractivity contribution in [2.24, 2.45) is 17.8 Å². The monoisotopic (exact) mass is 532 g/mol. The Balaban J connectivity index is 1.90. The van der Waals surface area contributed by atoms with Crippen LogP contribution >= 0.6 is 0 Å². The van der Waals surface area contributed by atoms with Crippen LogP contribution in [-0.4, -0.2) is 62.0 Å². The second kappa shape index (κ2) is 11.7.